The average Bonchev–Trinajstić information content (AvgIpc) is 3.32. The molecule has 0 aliphatic carbocycles. The van der Waals surface area contributed by atoms with Gasteiger partial charge in [0.15, 0.2) is 0 Å². The number of amides is 2. The summed E-state index contributed by atoms with van der Waals surface area (Å²) in [5.74, 6) is -0.514. The van der Waals surface area contributed by atoms with Crippen molar-refractivity contribution in [1.82, 2.24) is 19.5 Å². The molecule has 0 saturated carbocycles. The van der Waals surface area contributed by atoms with Crippen LogP contribution in [-0.4, -0.2) is 44.4 Å². The van der Waals surface area contributed by atoms with E-state index in [9.17, 15) is 9.59 Å². The Hall–Kier alpha value is -3.22. The van der Waals surface area contributed by atoms with E-state index in [1.54, 1.807) is 34.1 Å². The number of imidazole rings is 1. The quantitative estimate of drug-likeness (QED) is 0.794. The van der Waals surface area contributed by atoms with Crippen LogP contribution in [0.2, 0.25) is 0 Å². The number of nitrogens with zero attached hydrogens (tertiary/aromatic N) is 4. The number of carbonyl (C=O) groups excluding carboxylic acids is 2. The third-order valence-corrected chi connectivity index (χ3v) is 4.27. The van der Waals surface area contributed by atoms with Crippen LogP contribution in [0.15, 0.2) is 48.8 Å². The molecule has 1 fully saturated rings. The van der Waals surface area contributed by atoms with Crippen molar-refractivity contribution in [2.75, 3.05) is 18.5 Å². The van der Waals surface area contributed by atoms with Crippen molar-refractivity contribution >= 4 is 22.8 Å². The molecular weight excluding hydrogens is 318 g/mol. The number of rotatable bonds is 3. The summed E-state index contributed by atoms with van der Waals surface area (Å²) in [6.45, 7) is 1.50. The highest BCUT2D eigenvalue weighted by molar-refractivity contribution is 6.00. The minimum atomic E-state index is -0.390. The lowest BCUT2D eigenvalue weighted by Gasteiger charge is -2.14. The van der Waals surface area contributed by atoms with Crippen LogP contribution in [0.25, 0.3) is 11.0 Å². The summed E-state index contributed by atoms with van der Waals surface area (Å²) in [5.41, 5.74) is 4.82. The number of hydrogen-bond acceptors (Lipinski definition) is 4. The third kappa shape index (κ3) is 2.96. The summed E-state index contributed by atoms with van der Waals surface area (Å²) < 4.78 is 1.55. The van der Waals surface area contributed by atoms with Crippen LogP contribution in [-0.2, 0) is 0 Å². The molecule has 7 heteroatoms. The van der Waals surface area contributed by atoms with E-state index in [0.717, 1.165) is 37.0 Å². The lowest BCUT2D eigenvalue weighted by atomic mass is 10.2. The van der Waals surface area contributed by atoms with Crippen LogP contribution in [0.4, 0.5) is 0 Å². The molecule has 2 aromatic heterocycles. The Morgan fingerprint density at radius 1 is 0.960 bits per heavy atom. The first-order chi connectivity index (χ1) is 12.2. The van der Waals surface area contributed by atoms with Crippen LogP contribution in [0, 0.1) is 0 Å². The Balaban J connectivity index is 1.56. The van der Waals surface area contributed by atoms with Gasteiger partial charge in [-0.2, -0.15) is 0 Å². The number of fused-ring (bicyclic) bond motifs is 1. The molecular formula is C18H17N5O2. The van der Waals surface area contributed by atoms with Crippen molar-refractivity contribution in [2.24, 2.45) is 0 Å². The summed E-state index contributed by atoms with van der Waals surface area (Å²) in [7, 11) is 0. The molecule has 1 aromatic carbocycles. The Labute approximate surface area is 144 Å². The Kier molecular flexibility index (Phi) is 3.89. The number of carbonyl (C=O) groups is 2. The lowest BCUT2D eigenvalue weighted by molar-refractivity contribution is 0.0787. The number of hydrogen-bond donors (Lipinski definition) is 1. The van der Waals surface area contributed by atoms with Gasteiger partial charge < -0.3 is 4.90 Å². The third-order valence-electron chi connectivity index (χ3n) is 4.27. The first-order valence-corrected chi connectivity index (χ1v) is 8.22. The molecule has 1 N–H and O–H groups in total. The minimum Gasteiger partial charge on any atom is -0.337 e. The largest absolute Gasteiger partial charge is 0.337 e. The van der Waals surface area contributed by atoms with Crippen LogP contribution >= 0.6 is 0 Å². The predicted molar refractivity (Wildman–Crippen MR) is 92.8 cm³/mol. The molecule has 0 radical (unpaired) electrons. The normalized spacial score (nSPS) is 14.0. The summed E-state index contributed by atoms with van der Waals surface area (Å²) in [6.07, 6.45) is 3.57. The van der Waals surface area contributed by atoms with E-state index in [1.807, 2.05) is 24.3 Å². The smallest absolute Gasteiger partial charge is 0.288 e. The zero-order valence-corrected chi connectivity index (χ0v) is 13.6. The van der Waals surface area contributed by atoms with Crippen molar-refractivity contribution in [1.29, 1.82) is 0 Å². The van der Waals surface area contributed by atoms with Gasteiger partial charge in [-0.05, 0) is 37.1 Å². The van der Waals surface area contributed by atoms with Gasteiger partial charge in [-0.1, -0.05) is 18.2 Å². The van der Waals surface area contributed by atoms with E-state index in [2.05, 4.69) is 15.4 Å². The highest BCUT2D eigenvalue weighted by atomic mass is 16.2. The molecule has 0 bridgehead atoms. The summed E-state index contributed by atoms with van der Waals surface area (Å²) in [5, 5.41) is 0. The Bertz CT molecular complexity index is 943. The SMILES string of the molecule is O=C(Nn1cnc2ccccc21)c1cccc(C(=O)N2CCCC2)n1. The number of benzene rings is 1. The molecule has 3 aromatic rings. The second kappa shape index (κ2) is 6.35. The predicted octanol–water partition coefficient (Wildman–Crippen LogP) is 2.05. The van der Waals surface area contributed by atoms with Gasteiger partial charge in [-0.3, -0.25) is 15.0 Å². The molecule has 1 saturated heterocycles. The molecule has 1 aliphatic rings. The maximum Gasteiger partial charge on any atom is 0.288 e. The standard InChI is InChI=1S/C18H17N5O2/c24-17(21-23-12-19-13-6-1-2-9-16(13)23)14-7-5-8-15(20-14)18(25)22-10-3-4-11-22/h1-2,5-9,12H,3-4,10-11H2,(H,21,24). The first kappa shape index (κ1) is 15.3. The minimum absolute atomic E-state index is 0.125. The fourth-order valence-electron chi connectivity index (χ4n) is 2.98. The number of likely N-dealkylation sites (tertiary alicyclic amines) is 1. The zero-order valence-electron chi connectivity index (χ0n) is 13.6. The fraction of sp³-hybridized carbons (Fsp3) is 0.222. The number of pyridine rings is 1. The van der Waals surface area contributed by atoms with Gasteiger partial charge in [0, 0.05) is 13.1 Å². The summed E-state index contributed by atoms with van der Waals surface area (Å²) in [6, 6.07) is 12.4. The highest BCUT2D eigenvalue weighted by Gasteiger charge is 2.21. The fourth-order valence-corrected chi connectivity index (χ4v) is 2.98. The van der Waals surface area contributed by atoms with Crippen LogP contribution < -0.4 is 5.43 Å². The van der Waals surface area contributed by atoms with E-state index < -0.39 is 0 Å². The van der Waals surface area contributed by atoms with Gasteiger partial charge in [0.25, 0.3) is 11.8 Å². The zero-order chi connectivity index (χ0) is 17.2. The highest BCUT2D eigenvalue weighted by Crippen LogP contribution is 2.13. The van der Waals surface area contributed by atoms with E-state index in [-0.39, 0.29) is 17.5 Å². The molecule has 0 spiro atoms. The maximum atomic E-state index is 12.5. The van der Waals surface area contributed by atoms with Crippen molar-refractivity contribution in [3.05, 3.63) is 60.2 Å². The lowest BCUT2D eigenvalue weighted by Crippen LogP contribution is -2.29. The Morgan fingerprint density at radius 2 is 1.72 bits per heavy atom. The van der Waals surface area contributed by atoms with Crippen LogP contribution in [0.1, 0.15) is 33.8 Å². The summed E-state index contributed by atoms with van der Waals surface area (Å²) in [4.78, 5) is 35.2. The van der Waals surface area contributed by atoms with E-state index in [1.165, 1.54) is 0 Å². The second-order valence-corrected chi connectivity index (χ2v) is 5.95. The second-order valence-electron chi connectivity index (χ2n) is 5.95. The molecule has 4 rings (SSSR count). The molecule has 2 amide bonds. The number of nitrogens with one attached hydrogen (secondary N) is 1. The van der Waals surface area contributed by atoms with E-state index >= 15 is 0 Å². The molecule has 0 atom stereocenters. The topological polar surface area (TPSA) is 80.1 Å². The molecule has 7 nitrogen and oxygen atoms in total. The summed E-state index contributed by atoms with van der Waals surface area (Å²) >= 11 is 0. The van der Waals surface area contributed by atoms with E-state index in [4.69, 9.17) is 0 Å². The molecule has 0 unspecified atom stereocenters. The monoisotopic (exact) mass is 335 g/mol. The average molecular weight is 335 g/mol. The number of para-hydroxylation sites is 2. The Morgan fingerprint density at radius 3 is 2.56 bits per heavy atom. The van der Waals surface area contributed by atoms with Crippen molar-refractivity contribution in [3.8, 4) is 0 Å². The van der Waals surface area contributed by atoms with Gasteiger partial charge >= 0.3 is 0 Å². The van der Waals surface area contributed by atoms with Gasteiger partial charge in [-0.25, -0.2) is 14.6 Å². The van der Waals surface area contributed by atoms with Crippen molar-refractivity contribution in [3.63, 3.8) is 0 Å². The molecule has 3 heterocycles. The maximum absolute atomic E-state index is 12.5. The number of aromatic nitrogens is 3. The van der Waals surface area contributed by atoms with Crippen LogP contribution in [0.5, 0.6) is 0 Å². The molecule has 1 aliphatic heterocycles. The molecule has 25 heavy (non-hydrogen) atoms. The van der Waals surface area contributed by atoms with Gasteiger partial charge in [-0.15, -0.1) is 0 Å². The first-order valence-electron chi connectivity index (χ1n) is 8.22. The van der Waals surface area contributed by atoms with Gasteiger partial charge in [0.05, 0.1) is 11.0 Å². The van der Waals surface area contributed by atoms with Gasteiger partial charge in [0.2, 0.25) is 0 Å². The molecule has 126 valence electrons. The van der Waals surface area contributed by atoms with E-state index in [0.29, 0.717) is 5.69 Å². The van der Waals surface area contributed by atoms with Crippen LogP contribution in [0.3, 0.4) is 0 Å². The van der Waals surface area contributed by atoms with Crippen molar-refractivity contribution in [2.45, 2.75) is 12.8 Å². The van der Waals surface area contributed by atoms with Gasteiger partial charge in [0.1, 0.15) is 17.7 Å². The van der Waals surface area contributed by atoms with Crippen molar-refractivity contribution < 1.29 is 9.59 Å².